The minimum atomic E-state index is 1.65. The molecule has 0 N–H and O–H groups in total. The topological polar surface area (TPSA) is 0 Å². The normalized spacial score (nSPS) is 3.47. The fraction of sp³-hybridized carbons (Fsp3) is 0.235. The number of rotatable bonds is 0. The molecule has 0 aromatic heterocycles. The van der Waals surface area contributed by atoms with Crippen LogP contribution >= 0.6 is 0 Å². The van der Waals surface area contributed by atoms with Gasteiger partial charge in [0.05, 0.1) is 0 Å². The lowest BCUT2D eigenvalue weighted by molar-refractivity contribution is 1.80. The Morgan fingerprint density at radius 2 is 0.824 bits per heavy atom. The number of allylic oxidation sites excluding steroid dienone is 3. The van der Waals surface area contributed by atoms with Crippen molar-refractivity contribution in [3.63, 3.8) is 0 Å². The minimum absolute atomic E-state index is 1.65. The summed E-state index contributed by atoms with van der Waals surface area (Å²) in [5, 5.41) is 0. The lowest BCUT2D eigenvalue weighted by Gasteiger charge is -1.31. The van der Waals surface area contributed by atoms with Crippen molar-refractivity contribution < 1.29 is 0 Å². The van der Waals surface area contributed by atoms with Crippen molar-refractivity contribution in [1.29, 1.82) is 0 Å². The highest BCUT2D eigenvalue weighted by Crippen LogP contribution is 1.38. The molecule has 0 aromatic carbocycles. The van der Waals surface area contributed by atoms with Crippen LogP contribution in [0.15, 0.2) is 70.0 Å². The van der Waals surface area contributed by atoms with Gasteiger partial charge in [-0.1, -0.05) is 31.4 Å². The maximum Gasteiger partial charge on any atom is -0.00297 e. The van der Waals surface area contributed by atoms with Crippen molar-refractivity contribution in [1.82, 2.24) is 0 Å². The van der Waals surface area contributed by atoms with E-state index in [1.165, 1.54) is 0 Å². The van der Waals surface area contributed by atoms with E-state index in [4.69, 9.17) is 0 Å². The molecule has 0 saturated carbocycles. The molecule has 0 fully saturated rings. The number of hydrogen-bond acceptors (Lipinski definition) is 0. The fourth-order valence-electron chi connectivity index (χ4n) is 0. The van der Waals surface area contributed by atoms with E-state index in [2.05, 4.69) is 64.1 Å². The van der Waals surface area contributed by atoms with E-state index in [-0.39, 0.29) is 0 Å². The van der Waals surface area contributed by atoms with Crippen LogP contribution in [0.25, 0.3) is 0 Å². The van der Waals surface area contributed by atoms with Crippen LogP contribution in [-0.2, 0) is 0 Å². The summed E-state index contributed by atoms with van der Waals surface area (Å²) in [7, 11) is 0. The van der Waals surface area contributed by atoms with Gasteiger partial charge < -0.3 is 0 Å². The molecular formula is C17H30. The molecule has 0 radical (unpaired) electrons. The van der Waals surface area contributed by atoms with E-state index < -0.39 is 0 Å². The standard InChI is InChI=1S/3C3H6.2C3H4.C2H4/c5*1-3-2;1-2/h3*3H,1H2,2H3;1-2H2;1H,2H3;1-2H2. The van der Waals surface area contributed by atoms with Crippen molar-refractivity contribution in [3.8, 4) is 12.3 Å². The molecule has 0 aliphatic carbocycles. The lowest BCUT2D eigenvalue weighted by atomic mass is 10.8. The van der Waals surface area contributed by atoms with Crippen molar-refractivity contribution in [2.24, 2.45) is 0 Å². The molecule has 0 aliphatic heterocycles. The Hall–Kier alpha value is -1.96. The second-order valence-electron chi connectivity index (χ2n) is 1.76. The van der Waals surface area contributed by atoms with E-state index in [0.717, 1.165) is 0 Å². The quantitative estimate of drug-likeness (QED) is 0.275. The Kier molecular flexibility index (Phi) is 551. The Morgan fingerprint density at radius 1 is 0.824 bits per heavy atom. The summed E-state index contributed by atoms with van der Waals surface area (Å²) in [6, 6.07) is 0. The number of hydrogen-bond donors (Lipinski definition) is 0. The first-order valence-corrected chi connectivity index (χ1v) is 4.95. The molecule has 0 saturated heterocycles. The summed E-state index contributed by atoms with van der Waals surface area (Å²) in [6.45, 7) is 29.7. The molecule has 0 bridgehead atoms. The van der Waals surface area contributed by atoms with Crippen molar-refractivity contribution in [3.05, 3.63) is 70.0 Å². The zero-order valence-corrected chi connectivity index (χ0v) is 12.3. The molecule has 0 aromatic rings. The first kappa shape index (κ1) is 36.3. The van der Waals surface area contributed by atoms with E-state index in [1.807, 2.05) is 20.8 Å². The smallest absolute Gasteiger partial charge is 0.00297 e. The molecule has 0 heteroatoms. The molecule has 0 heterocycles. The third kappa shape index (κ3) is 530. The zero-order valence-electron chi connectivity index (χ0n) is 12.3. The first-order valence-electron chi connectivity index (χ1n) is 4.95. The van der Waals surface area contributed by atoms with Gasteiger partial charge in [0.25, 0.3) is 0 Å². The number of terminal acetylenes is 1. The van der Waals surface area contributed by atoms with Crippen LogP contribution in [-0.4, -0.2) is 0 Å². The first-order chi connectivity index (χ1) is 8.07. The van der Waals surface area contributed by atoms with Crippen molar-refractivity contribution in [2.45, 2.75) is 27.7 Å². The second kappa shape index (κ2) is 258. The fourth-order valence-corrected chi connectivity index (χ4v) is 0. The summed E-state index contributed by atoms with van der Waals surface area (Å²) in [6.07, 6.45) is 9.85. The van der Waals surface area contributed by atoms with Gasteiger partial charge in [-0.3, -0.25) is 0 Å². The zero-order chi connectivity index (χ0) is 15.5. The monoisotopic (exact) mass is 234 g/mol. The average Bonchev–Trinajstić information content (AvgIpc) is 2.25. The average molecular weight is 234 g/mol. The summed E-state index contributed by atoms with van der Waals surface area (Å²) in [5.74, 6) is 2.25. The highest BCUT2D eigenvalue weighted by molar-refractivity contribution is 4.73. The van der Waals surface area contributed by atoms with Gasteiger partial charge >= 0.3 is 0 Å². The van der Waals surface area contributed by atoms with Gasteiger partial charge in [0.15, 0.2) is 0 Å². The Bertz CT molecular complexity index is 156. The maximum absolute atomic E-state index is 4.60. The predicted molar refractivity (Wildman–Crippen MR) is 88.1 cm³/mol. The van der Waals surface area contributed by atoms with Crippen LogP contribution < -0.4 is 0 Å². The molecule has 0 unspecified atom stereocenters. The Labute approximate surface area is 110 Å². The third-order valence-electron chi connectivity index (χ3n) is 0. The second-order valence-corrected chi connectivity index (χ2v) is 1.76. The largest absolute Gasteiger partial charge is 0.137 e. The minimum Gasteiger partial charge on any atom is -0.137 e. The Morgan fingerprint density at radius 3 is 0.824 bits per heavy atom. The lowest BCUT2D eigenvalue weighted by Crippen LogP contribution is -1.10. The molecule has 0 amide bonds. The van der Waals surface area contributed by atoms with Gasteiger partial charge in [0.2, 0.25) is 0 Å². The highest BCUT2D eigenvalue weighted by Gasteiger charge is 1.15. The van der Waals surface area contributed by atoms with Gasteiger partial charge in [-0.05, 0) is 27.7 Å². The highest BCUT2D eigenvalue weighted by atomic mass is 13.2. The van der Waals surface area contributed by atoms with Crippen molar-refractivity contribution in [2.75, 3.05) is 0 Å². The summed E-state index contributed by atoms with van der Waals surface area (Å²) < 4.78 is 0. The molecule has 0 spiro atoms. The van der Waals surface area contributed by atoms with Crippen molar-refractivity contribution >= 4 is 0 Å². The molecule has 98 valence electrons. The van der Waals surface area contributed by atoms with Gasteiger partial charge in [-0.2, -0.15) is 0 Å². The van der Waals surface area contributed by atoms with Gasteiger partial charge in [0, 0.05) is 0 Å². The molecule has 0 atom stereocenters. The third-order valence-corrected chi connectivity index (χ3v) is 0. The molecule has 0 aliphatic rings. The van der Waals surface area contributed by atoms with E-state index in [1.54, 1.807) is 25.2 Å². The summed E-state index contributed by atoms with van der Waals surface area (Å²) in [5.41, 5.74) is 2.25. The van der Waals surface area contributed by atoms with E-state index in [9.17, 15) is 0 Å². The van der Waals surface area contributed by atoms with Crippen LogP contribution in [0.3, 0.4) is 0 Å². The van der Waals surface area contributed by atoms with Gasteiger partial charge in [-0.25, -0.2) is 0 Å². The van der Waals surface area contributed by atoms with Crippen LogP contribution in [0.5, 0.6) is 0 Å². The van der Waals surface area contributed by atoms with Gasteiger partial charge in [0.1, 0.15) is 0 Å². The summed E-state index contributed by atoms with van der Waals surface area (Å²) in [4.78, 5) is 0. The van der Waals surface area contributed by atoms with Crippen LogP contribution in [0.2, 0.25) is 0 Å². The SMILES string of the molecule is C#CC.C=C.C=C=C.C=CC.C=CC.C=CC. The summed E-state index contributed by atoms with van der Waals surface area (Å²) >= 11 is 0. The van der Waals surface area contributed by atoms with Gasteiger partial charge in [-0.15, -0.1) is 51.0 Å². The van der Waals surface area contributed by atoms with Crippen LogP contribution in [0.1, 0.15) is 27.7 Å². The van der Waals surface area contributed by atoms with E-state index in [0.29, 0.717) is 0 Å². The van der Waals surface area contributed by atoms with E-state index >= 15 is 0 Å². The predicted octanol–water partition coefficient (Wildman–Crippen LogP) is 5.98. The maximum atomic E-state index is 4.60. The molecular weight excluding hydrogens is 204 g/mol. The molecule has 0 rings (SSSR count). The Balaban J connectivity index is -0.0000000215. The molecule has 0 nitrogen and oxygen atoms in total. The molecule has 17 heavy (non-hydrogen) atoms. The van der Waals surface area contributed by atoms with Crippen LogP contribution in [0.4, 0.5) is 0 Å². The van der Waals surface area contributed by atoms with Crippen LogP contribution in [0, 0.1) is 12.3 Å².